The average molecular weight is 356 g/mol. The molecule has 0 spiro atoms. The van der Waals surface area contributed by atoms with Crippen LogP contribution >= 0.6 is 0 Å². The Morgan fingerprint density at radius 2 is 2.00 bits per heavy atom. The monoisotopic (exact) mass is 356 g/mol. The lowest BCUT2D eigenvalue weighted by molar-refractivity contribution is -0.401. The highest BCUT2D eigenvalue weighted by Crippen LogP contribution is 2.25. The molecule has 0 aliphatic heterocycles. The van der Waals surface area contributed by atoms with Crippen LogP contribution in [-0.4, -0.2) is 27.7 Å². The summed E-state index contributed by atoms with van der Waals surface area (Å²) in [5, 5.41) is 17.5. The van der Waals surface area contributed by atoms with Crippen LogP contribution in [0.2, 0.25) is 0 Å². The Morgan fingerprint density at radius 3 is 2.62 bits per heavy atom. The van der Waals surface area contributed by atoms with Gasteiger partial charge in [0, 0.05) is 12.7 Å². The number of unbranched alkanes of at least 4 members (excludes halogenated alkanes) is 1. The molecule has 26 heavy (non-hydrogen) atoms. The molecular formula is C18H20N4O4. The zero-order valence-electron chi connectivity index (χ0n) is 14.4. The van der Waals surface area contributed by atoms with Crippen molar-refractivity contribution in [2.45, 2.75) is 19.8 Å². The minimum Gasteiger partial charge on any atom is -0.399 e. The molecule has 0 aliphatic rings. The molecule has 136 valence electrons. The summed E-state index contributed by atoms with van der Waals surface area (Å²) in [6.07, 6.45) is 4.73. The third-order valence-corrected chi connectivity index (χ3v) is 3.39. The molecule has 0 fully saturated rings. The summed E-state index contributed by atoms with van der Waals surface area (Å²) in [6.45, 7) is 2.91. The number of hydrogen-bond acceptors (Lipinski definition) is 5. The Morgan fingerprint density at radius 1 is 1.23 bits per heavy atom. The number of para-hydroxylation sites is 1. The molecule has 2 aromatic heterocycles. The van der Waals surface area contributed by atoms with Gasteiger partial charge in [-0.3, -0.25) is 14.9 Å². The number of nitro groups is 1. The van der Waals surface area contributed by atoms with E-state index in [1.54, 1.807) is 16.9 Å². The standard InChI is InChI=1S/C13H9N3O3.C5H11NO/c17-16(18)13-7-6-12(19-13)11-8-9-15(14-11)10-4-2-1-3-5-10;1-2-3-4-6-5-7/h1-9H;5H,2-4H2,1H3,(H,6,7). The molecule has 2 heterocycles. The van der Waals surface area contributed by atoms with Gasteiger partial charge in [-0.2, -0.15) is 5.10 Å². The van der Waals surface area contributed by atoms with E-state index in [0.29, 0.717) is 11.5 Å². The number of carbonyl (C=O) groups excluding carboxylic acids is 1. The minimum atomic E-state index is -0.572. The molecule has 1 aromatic carbocycles. The fourth-order valence-electron chi connectivity index (χ4n) is 2.08. The highest BCUT2D eigenvalue weighted by atomic mass is 16.6. The molecule has 0 radical (unpaired) electrons. The average Bonchev–Trinajstić information content (AvgIpc) is 3.33. The second-order valence-corrected chi connectivity index (χ2v) is 5.30. The topological polar surface area (TPSA) is 103 Å². The highest BCUT2D eigenvalue weighted by Gasteiger charge is 2.14. The number of aromatic nitrogens is 2. The van der Waals surface area contributed by atoms with Crippen LogP contribution in [0.3, 0.4) is 0 Å². The molecule has 3 rings (SSSR count). The van der Waals surface area contributed by atoms with Crippen molar-refractivity contribution in [2.75, 3.05) is 6.54 Å². The van der Waals surface area contributed by atoms with Gasteiger partial charge in [0.2, 0.25) is 6.41 Å². The Bertz CT molecular complexity index is 827. The number of hydrogen-bond donors (Lipinski definition) is 1. The molecular weight excluding hydrogens is 336 g/mol. The zero-order valence-corrected chi connectivity index (χ0v) is 14.4. The predicted octanol–water partition coefficient (Wildman–Crippen LogP) is 3.57. The quantitative estimate of drug-likeness (QED) is 0.302. The lowest BCUT2D eigenvalue weighted by atomic mass is 10.3. The zero-order chi connectivity index (χ0) is 18.8. The van der Waals surface area contributed by atoms with E-state index >= 15 is 0 Å². The molecule has 3 aromatic rings. The van der Waals surface area contributed by atoms with Crippen molar-refractivity contribution < 1.29 is 14.1 Å². The van der Waals surface area contributed by atoms with Gasteiger partial charge in [-0.25, -0.2) is 4.68 Å². The van der Waals surface area contributed by atoms with Crippen LogP contribution in [0.4, 0.5) is 5.88 Å². The molecule has 8 heteroatoms. The molecule has 0 saturated carbocycles. The number of furan rings is 1. The summed E-state index contributed by atoms with van der Waals surface area (Å²) in [5.74, 6) is 0.0886. The summed E-state index contributed by atoms with van der Waals surface area (Å²) in [5.41, 5.74) is 1.46. The predicted molar refractivity (Wildman–Crippen MR) is 96.9 cm³/mol. The van der Waals surface area contributed by atoms with Crippen LogP contribution in [0.1, 0.15) is 19.8 Å². The van der Waals surface area contributed by atoms with Gasteiger partial charge in [-0.1, -0.05) is 31.5 Å². The molecule has 1 amide bonds. The van der Waals surface area contributed by atoms with Gasteiger partial charge in [0.15, 0.2) is 5.76 Å². The fraction of sp³-hybridized carbons (Fsp3) is 0.222. The Labute approximate surface area is 150 Å². The largest absolute Gasteiger partial charge is 0.433 e. The van der Waals surface area contributed by atoms with Gasteiger partial charge < -0.3 is 9.73 Å². The van der Waals surface area contributed by atoms with E-state index in [9.17, 15) is 14.9 Å². The van der Waals surface area contributed by atoms with Crippen molar-refractivity contribution in [3.05, 3.63) is 64.8 Å². The first-order chi connectivity index (χ1) is 12.7. The number of amides is 1. The Hall–Kier alpha value is -3.42. The number of nitrogens with zero attached hydrogens (tertiary/aromatic N) is 3. The summed E-state index contributed by atoms with van der Waals surface area (Å²) < 4.78 is 6.79. The number of nitrogens with one attached hydrogen (secondary N) is 1. The third kappa shape index (κ3) is 5.30. The second-order valence-electron chi connectivity index (χ2n) is 5.30. The van der Waals surface area contributed by atoms with Crippen molar-refractivity contribution in [3.8, 4) is 17.1 Å². The van der Waals surface area contributed by atoms with E-state index in [4.69, 9.17) is 4.42 Å². The molecule has 0 saturated heterocycles. The van der Waals surface area contributed by atoms with Gasteiger partial charge in [-0.05, 0) is 30.7 Å². The fourth-order valence-corrected chi connectivity index (χ4v) is 2.08. The summed E-state index contributed by atoms with van der Waals surface area (Å²) in [7, 11) is 0. The van der Waals surface area contributed by atoms with Crippen LogP contribution in [0, 0.1) is 10.1 Å². The van der Waals surface area contributed by atoms with Crippen molar-refractivity contribution >= 4 is 12.3 Å². The molecule has 0 unspecified atom stereocenters. The van der Waals surface area contributed by atoms with Crippen molar-refractivity contribution in [1.82, 2.24) is 15.1 Å². The first-order valence-corrected chi connectivity index (χ1v) is 8.18. The minimum absolute atomic E-state index is 0.288. The Balaban J connectivity index is 0.000000298. The first-order valence-electron chi connectivity index (χ1n) is 8.18. The normalized spacial score (nSPS) is 9.88. The van der Waals surface area contributed by atoms with Crippen LogP contribution in [0.5, 0.6) is 0 Å². The lowest BCUT2D eigenvalue weighted by Crippen LogP contribution is -2.11. The summed E-state index contributed by atoms with van der Waals surface area (Å²) in [6, 6.07) is 14.2. The van der Waals surface area contributed by atoms with E-state index < -0.39 is 4.92 Å². The molecule has 0 bridgehead atoms. The van der Waals surface area contributed by atoms with E-state index in [0.717, 1.165) is 31.5 Å². The first kappa shape index (κ1) is 18.9. The number of benzene rings is 1. The second kappa shape index (κ2) is 9.77. The van der Waals surface area contributed by atoms with Crippen molar-refractivity contribution in [2.24, 2.45) is 0 Å². The lowest BCUT2D eigenvalue weighted by Gasteiger charge is -1.98. The van der Waals surface area contributed by atoms with Crippen molar-refractivity contribution in [1.29, 1.82) is 0 Å². The van der Waals surface area contributed by atoms with Crippen LogP contribution in [0.25, 0.3) is 17.1 Å². The molecule has 0 atom stereocenters. The van der Waals surface area contributed by atoms with Crippen molar-refractivity contribution in [3.63, 3.8) is 0 Å². The van der Waals surface area contributed by atoms with Gasteiger partial charge in [-0.15, -0.1) is 0 Å². The number of rotatable bonds is 7. The smallest absolute Gasteiger partial charge is 0.399 e. The highest BCUT2D eigenvalue weighted by molar-refractivity contribution is 5.53. The maximum atomic E-state index is 10.6. The molecule has 0 aliphatic carbocycles. The van der Waals surface area contributed by atoms with E-state index in [-0.39, 0.29) is 5.88 Å². The summed E-state index contributed by atoms with van der Waals surface area (Å²) in [4.78, 5) is 19.6. The maximum Gasteiger partial charge on any atom is 0.433 e. The van der Waals surface area contributed by atoms with E-state index in [2.05, 4.69) is 17.3 Å². The SMILES string of the molecule is CCCCNC=O.O=[N+]([O-])c1ccc(-c2ccn(-c3ccccc3)n2)o1. The van der Waals surface area contributed by atoms with Crippen LogP contribution in [0.15, 0.2) is 59.1 Å². The van der Waals surface area contributed by atoms with Gasteiger partial charge in [0.25, 0.3) is 0 Å². The van der Waals surface area contributed by atoms with Crippen LogP contribution in [-0.2, 0) is 4.79 Å². The van der Waals surface area contributed by atoms with Gasteiger partial charge >= 0.3 is 5.88 Å². The molecule has 8 nitrogen and oxygen atoms in total. The van der Waals surface area contributed by atoms with E-state index in [1.807, 2.05) is 30.3 Å². The van der Waals surface area contributed by atoms with Gasteiger partial charge in [0.1, 0.15) is 10.6 Å². The third-order valence-electron chi connectivity index (χ3n) is 3.39. The van der Waals surface area contributed by atoms with Gasteiger partial charge in [0.05, 0.1) is 11.8 Å². The van der Waals surface area contributed by atoms with Crippen LogP contribution < -0.4 is 5.32 Å². The van der Waals surface area contributed by atoms with E-state index in [1.165, 1.54) is 12.1 Å². The summed E-state index contributed by atoms with van der Waals surface area (Å²) >= 11 is 0. The maximum absolute atomic E-state index is 10.6. The number of carbonyl (C=O) groups is 1. The Kier molecular flexibility index (Phi) is 7.11. The molecule has 1 N–H and O–H groups in total.